The molecule has 0 radical (unpaired) electrons. The van der Waals surface area contributed by atoms with Crippen molar-refractivity contribution in [3.05, 3.63) is 59.1 Å². The second kappa shape index (κ2) is 7.43. The fourth-order valence-electron chi connectivity index (χ4n) is 2.45. The standard InChI is InChI=1S/C17H17ClN2OS2/c1-21-15-8-2-12(3-9-15)16-20(10-11-23-16)17(22)19-14-6-4-13(18)5-7-14/h2-9,16H,10-11H2,1H3,(H,19,22)/t16-/m1/s1. The van der Waals surface area contributed by atoms with E-state index in [0.717, 1.165) is 28.8 Å². The van der Waals surface area contributed by atoms with Crippen LogP contribution in [0.2, 0.25) is 5.02 Å². The molecule has 0 aromatic heterocycles. The SMILES string of the molecule is COc1ccc([C@H]2SCCN2C(=S)Nc2ccc(Cl)cc2)cc1. The molecular weight excluding hydrogens is 348 g/mol. The summed E-state index contributed by atoms with van der Waals surface area (Å²) in [6.45, 7) is 0.931. The Hall–Kier alpha value is -1.43. The van der Waals surface area contributed by atoms with E-state index in [4.69, 9.17) is 28.6 Å². The molecule has 6 heteroatoms. The Morgan fingerprint density at radius 1 is 1.22 bits per heavy atom. The van der Waals surface area contributed by atoms with E-state index in [9.17, 15) is 0 Å². The summed E-state index contributed by atoms with van der Waals surface area (Å²) in [5.74, 6) is 1.92. The monoisotopic (exact) mass is 364 g/mol. The molecule has 0 bridgehead atoms. The van der Waals surface area contributed by atoms with Crippen LogP contribution in [0.1, 0.15) is 10.9 Å². The van der Waals surface area contributed by atoms with Crippen LogP contribution in [0.25, 0.3) is 0 Å². The molecule has 3 nitrogen and oxygen atoms in total. The van der Waals surface area contributed by atoms with E-state index in [1.54, 1.807) is 7.11 Å². The van der Waals surface area contributed by atoms with Gasteiger partial charge in [0, 0.05) is 23.0 Å². The molecule has 1 saturated heterocycles. The number of nitrogens with one attached hydrogen (secondary N) is 1. The number of hydrogen-bond donors (Lipinski definition) is 1. The van der Waals surface area contributed by atoms with Crippen molar-refractivity contribution in [2.75, 3.05) is 24.7 Å². The second-order valence-electron chi connectivity index (χ2n) is 5.13. The van der Waals surface area contributed by atoms with Crippen LogP contribution in [0.3, 0.4) is 0 Å². The van der Waals surface area contributed by atoms with E-state index < -0.39 is 0 Å². The Kier molecular flexibility index (Phi) is 5.30. The van der Waals surface area contributed by atoms with Crippen LogP contribution in [0, 0.1) is 0 Å². The number of ether oxygens (including phenoxy) is 1. The van der Waals surface area contributed by atoms with Crippen molar-refractivity contribution in [1.29, 1.82) is 0 Å². The molecule has 1 aliphatic heterocycles. The molecule has 0 amide bonds. The van der Waals surface area contributed by atoms with Crippen LogP contribution in [-0.2, 0) is 0 Å². The predicted molar refractivity (Wildman–Crippen MR) is 103 cm³/mol. The first kappa shape index (κ1) is 16.4. The van der Waals surface area contributed by atoms with Gasteiger partial charge in [-0.05, 0) is 54.2 Å². The molecular formula is C17H17ClN2OS2. The van der Waals surface area contributed by atoms with Gasteiger partial charge < -0.3 is 15.0 Å². The van der Waals surface area contributed by atoms with Gasteiger partial charge in [0.25, 0.3) is 0 Å². The Morgan fingerprint density at radius 2 is 1.91 bits per heavy atom. The lowest BCUT2D eigenvalue weighted by Crippen LogP contribution is -2.34. The molecule has 1 atom stereocenters. The average Bonchev–Trinajstić information content (AvgIpc) is 3.07. The van der Waals surface area contributed by atoms with E-state index in [-0.39, 0.29) is 5.37 Å². The van der Waals surface area contributed by atoms with Crippen LogP contribution in [0.5, 0.6) is 5.75 Å². The van der Waals surface area contributed by atoms with Gasteiger partial charge in [-0.1, -0.05) is 23.7 Å². The first-order chi connectivity index (χ1) is 11.2. The lowest BCUT2D eigenvalue weighted by Gasteiger charge is -2.27. The van der Waals surface area contributed by atoms with Gasteiger partial charge in [-0.2, -0.15) is 0 Å². The molecule has 1 aliphatic rings. The number of nitrogens with zero attached hydrogens (tertiary/aromatic N) is 1. The molecule has 23 heavy (non-hydrogen) atoms. The lowest BCUT2D eigenvalue weighted by molar-refractivity contribution is 0.413. The van der Waals surface area contributed by atoms with Crippen LogP contribution in [0.4, 0.5) is 5.69 Å². The number of halogens is 1. The maximum atomic E-state index is 5.92. The number of thiocarbonyl (C=S) groups is 1. The number of hydrogen-bond acceptors (Lipinski definition) is 3. The summed E-state index contributed by atoms with van der Waals surface area (Å²) in [5.41, 5.74) is 2.18. The van der Waals surface area contributed by atoms with E-state index in [2.05, 4.69) is 22.3 Å². The van der Waals surface area contributed by atoms with Crippen molar-refractivity contribution >= 4 is 46.4 Å². The van der Waals surface area contributed by atoms with Crippen molar-refractivity contribution in [2.24, 2.45) is 0 Å². The highest BCUT2D eigenvalue weighted by molar-refractivity contribution is 7.99. The Labute approximate surface area is 151 Å². The highest BCUT2D eigenvalue weighted by atomic mass is 35.5. The second-order valence-corrected chi connectivity index (χ2v) is 7.14. The van der Waals surface area contributed by atoms with Gasteiger partial charge in [0.05, 0.1) is 7.11 Å². The van der Waals surface area contributed by atoms with Crippen molar-refractivity contribution < 1.29 is 4.74 Å². The minimum atomic E-state index is 0.230. The Balaban J connectivity index is 1.72. The number of thioether (sulfide) groups is 1. The van der Waals surface area contributed by atoms with Gasteiger partial charge >= 0.3 is 0 Å². The minimum absolute atomic E-state index is 0.230. The normalized spacial score (nSPS) is 17.1. The number of methoxy groups -OCH3 is 1. The summed E-state index contributed by atoms with van der Waals surface area (Å²) in [4.78, 5) is 2.22. The Bertz CT molecular complexity index is 676. The van der Waals surface area contributed by atoms with Gasteiger partial charge in [-0.25, -0.2) is 0 Å². The van der Waals surface area contributed by atoms with Gasteiger partial charge in [-0.3, -0.25) is 0 Å². The van der Waals surface area contributed by atoms with Crippen molar-refractivity contribution in [1.82, 2.24) is 4.90 Å². The van der Waals surface area contributed by atoms with E-state index in [0.29, 0.717) is 5.02 Å². The zero-order valence-electron chi connectivity index (χ0n) is 12.7. The van der Waals surface area contributed by atoms with Gasteiger partial charge in [0.1, 0.15) is 11.1 Å². The summed E-state index contributed by atoms with van der Waals surface area (Å²) >= 11 is 13.4. The highest BCUT2D eigenvalue weighted by Crippen LogP contribution is 2.38. The van der Waals surface area contributed by atoms with Crippen molar-refractivity contribution in [3.8, 4) is 5.75 Å². The summed E-state index contributed by atoms with van der Waals surface area (Å²) in [6, 6.07) is 15.7. The van der Waals surface area contributed by atoms with Crippen molar-refractivity contribution in [3.63, 3.8) is 0 Å². The molecule has 1 heterocycles. The third-order valence-electron chi connectivity index (χ3n) is 3.65. The van der Waals surface area contributed by atoms with Gasteiger partial charge in [0.15, 0.2) is 5.11 Å². The largest absolute Gasteiger partial charge is 0.497 e. The van der Waals surface area contributed by atoms with E-state index in [1.807, 2.05) is 48.2 Å². The summed E-state index contributed by atoms with van der Waals surface area (Å²) in [5, 5.41) is 4.98. The van der Waals surface area contributed by atoms with Crippen LogP contribution in [0.15, 0.2) is 48.5 Å². The first-order valence-electron chi connectivity index (χ1n) is 7.26. The number of rotatable bonds is 3. The molecule has 2 aromatic carbocycles. The summed E-state index contributed by atoms with van der Waals surface area (Å²) in [6.07, 6.45) is 0. The smallest absolute Gasteiger partial charge is 0.174 e. The zero-order valence-corrected chi connectivity index (χ0v) is 15.0. The molecule has 2 aromatic rings. The molecule has 3 rings (SSSR count). The maximum Gasteiger partial charge on any atom is 0.174 e. The molecule has 0 aliphatic carbocycles. The predicted octanol–water partition coefficient (Wildman–Crippen LogP) is 4.79. The topological polar surface area (TPSA) is 24.5 Å². The van der Waals surface area contributed by atoms with Crippen LogP contribution < -0.4 is 10.1 Å². The molecule has 0 unspecified atom stereocenters. The van der Waals surface area contributed by atoms with Gasteiger partial charge in [-0.15, -0.1) is 11.8 Å². The third kappa shape index (κ3) is 3.91. The van der Waals surface area contributed by atoms with Crippen LogP contribution >= 0.6 is 35.6 Å². The molecule has 0 saturated carbocycles. The third-order valence-corrected chi connectivity index (χ3v) is 5.50. The Morgan fingerprint density at radius 3 is 2.57 bits per heavy atom. The minimum Gasteiger partial charge on any atom is -0.497 e. The molecule has 120 valence electrons. The average molecular weight is 365 g/mol. The molecule has 1 fully saturated rings. The first-order valence-corrected chi connectivity index (χ1v) is 9.09. The van der Waals surface area contributed by atoms with Crippen molar-refractivity contribution in [2.45, 2.75) is 5.37 Å². The maximum absolute atomic E-state index is 5.92. The number of benzene rings is 2. The molecule has 1 N–H and O–H groups in total. The summed E-state index contributed by atoms with van der Waals surface area (Å²) < 4.78 is 5.23. The zero-order chi connectivity index (χ0) is 16.2. The number of anilines is 1. The fourth-order valence-corrected chi connectivity index (χ4v) is 4.22. The quantitative estimate of drug-likeness (QED) is 0.789. The van der Waals surface area contributed by atoms with Crippen LogP contribution in [-0.4, -0.2) is 29.4 Å². The highest BCUT2D eigenvalue weighted by Gasteiger charge is 2.28. The van der Waals surface area contributed by atoms with E-state index >= 15 is 0 Å². The summed E-state index contributed by atoms with van der Waals surface area (Å²) in [7, 11) is 1.68. The van der Waals surface area contributed by atoms with Gasteiger partial charge in [0.2, 0.25) is 0 Å². The van der Waals surface area contributed by atoms with E-state index in [1.165, 1.54) is 5.56 Å². The lowest BCUT2D eigenvalue weighted by atomic mass is 10.2. The fraction of sp³-hybridized carbons (Fsp3) is 0.235. The molecule has 0 spiro atoms.